The number of hydrogen-bond acceptors (Lipinski definition) is 0. The van der Waals surface area contributed by atoms with Crippen molar-refractivity contribution in [2.24, 2.45) is 0 Å². The molecule has 57 valence electrons. The van der Waals surface area contributed by atoms with Crippen LogP contribution in [0, 0.1) is 0 Å². The Morgan fingerprint density at radius 2 is 1.82 bits per heavy atom. The van der Waals surface area contributed by atoms with Gasteiger partial charge >= 0.3 is 0 Å². The molecule has 0 aliphatic heterocycles. The maximum Gasteiger partial charge on any atom is 0.109 e. The van der Waals surface area contributed by atoms with E-state index < -0.39 is 8.80 Å². The van der Waals surface area contributed by atoms with E-state index in [0.717, 1.165) is 0 Å². The number of rotatable bonds is 2. The van der Waals surface area contributed by atoms with Crippen LogP contribution in [0.5, 0.6) is 0 Å². The molecule has 1 radical (unpaired) electrons. The Morgan fingerprint density at radius 1 is 1.18 bits per heavy atom. The van der Waals surface area contributed by atoms with E-state index in [1.807, 2.05) is 0 Å². The molecule has 0 aliphatic rings. The second kappa shape index (κ2) is 4.14. The van der Waals surface area contributed by atoms with Crippen LogP contribution in [-0.2, 0) is 0 Å². The average Bonchev–Trinajstić information content (AvgIpc) is 2.07. The Kier molecular flexibility index (Phi) is 3.11. The third kappa shape index (κ3) is 2.35. The van der Waals surface area contributed by atoms with Gasteiger partial charge in [0.2, 0.25) is 0 Å². The van der Waals surface area contributed by atoms with Crippen molar-refractivity contribution >= 4 is 14.0 Å². The lowest BCUT2D eigenvalue weighted by molar-refractivity contribution is 1.73. The molecule has 1 aromatic carbocycles. The Balaban J connectivity index is 2.76. The van der Waals surface area contributed by atoms with E-state index in [4.69, 9.17) is 0 Å². The van der Waals surface area contributed by atoms with Gasteiger partial charge in [0.1, 0.15) is 8.80 Å². The highest BCUT2D eigenvalue weighted by Crippen LogP contribution is 1.89. The van der Waals surface area contributed by atoms with E-state index >= 15 is 0 Å². The predicted molar refractivity (Wildman–Crippen MR) is 52.5 cm³/mol. The Bertz CT molecular complexity index is 226. The van der Waals surface area contributed by atoms with E-state index in [1.54, 1.807) is 0 Å². The molecule has 0 aliphatic carbocycles. The van der Waals surface area contributed by atoms with Gasteiger partial charge in [-0.3, -0.25) is 0 Å². The first-order chi connectivity index (χ1) is 5.34. The molecule has 0 saturated carbocycles. The molecule has 0 heterocycles. The van der Waals surface area contributed by atoms with Crippen molar-refractivity contribution in [3.63, 3.8) is 0 Å². The molecule has 0 saturated heterocycles. The predicted octanol–water partition coefficient (Wildman–Crippen LogP) is 2.13. The molecular formula is C10H13Si. The molecule has 0 unspecified atom stereocenters. The molecule has 0 amide bonds. The van der Waals surface area contributed by atoms with Gasteiger partial charge < -0.3 is 0 Å². The third-order valence-corrected chi connectivity index (χ3v) is 3.72. The molecule has 0 N–H and O–H groups in total. The highest BCUT2D eigenvalue weighted by molar-refractivity contribution is 6.76. The fourth-order valence-corrected chi connectivity index (χ4v) is 2.46. The lowest BCUT2D eigenvalue weighted by Crippen LogP contribution is -2.23. The van der Waals surface area contributed by atoms with Crippen LogP contribution >= 0.6 is 0 Å². The molecule has 0 bridgehead atoms. The topological polar surface area (TPSA) is 0 Å². The van der Waals surface area contributed by atoms with Crippen LogP contribution in [0.2, 0.25) is 6.55 Å². The molecule has 0 atom stereocenters. The Morgan fingerprint density at radius 3 is 2.36 bits per heavy atom. The number of allylic oxidation sites excluding steroid dienone is 1. The zero-order valence-electron chi connectivity index (χ0n) is 7.04. The molecule has 0 aromatic heterocycles. The highest BCUT2D eigenvalue weighted by Gasteiger charge is 2.00. The van der Waals surface area contributed by atoms with E-state index in [1.165, 1.54) is 5.19 Å². The summed E-state index contributed by atoms with van der Waals surface area (Å²) in [6, 6.07) is 10.7. The van der Waals surface area contributed by atoms with Gasteiger partial charge in [0.25, 0.3) is 0 Å². The number of hydrogen-bond donors (Lipinski definition) is 0. The fourth-order valence-electron chi connectivity index (χ4n) is 1.05. The van der Waals surface area contributed by atoms with Crippen molar-refractivity contribution in [2.75, 3.05) is 0 Å². The van der Waals surface area contributed by atoms with Gasteiger partial charge in [-0.05, 0) is 6.92 Å². The summed E-state index contributed by atoms with van der Waals surface area (Å²) in [4.78, 5) is 0. The lowest BCUT2D eigenvalue weighted by Gasteiger charge is -2.02. The van der Waals surface area contributed by atoms with Gasteiger partial charge in [0.15, 0.2) is 0 Å². The van der Waals surface area contributed by atoms with Gasteiger partial charge in [0, 0.05) is 0 Å². The van der Waals surface area contributed by atoms with Crippen LogP contribution in [0.15, 0.2) is 42.1 Å². The van der Waals surface area contributed by atoms with Crippen molar-refractivity contribution in [3.8, 4) is 0 Å². The molecule has 1 aromatic rings. The Labute approximate surface area is 70.2 Å². The van der Waals surface area contributed by atoms with Crippen molar-refractivity contribution in [3.05, 3.63) is 42.1 Å². The van der Waals surface area contributed by atoms with E-state index in [9.17, 15) is 0 Å². The molecule has 1 heteroatoms. The first kappa shape index (κ1) is 8.28. The summed E-state index contributed by atoms with van der Waals surface area (Å²) in [6.07, 6.45) is 2.14. The average molecular weight is 161 g/mol. The third-order valence-electron chi connectivity index (χ3n) is 1.65. The monoisotopic (exact) mass is 161 g/mol. The highest BCUT2D eigenvalue weighted by atomic mass is 28.3. The zero-order chi connectivity index (χ0) is 8.10. The summed E-state index contributed by atoms with van der Waals surface area (Å²) < 4.78 is 0. The molecule has 0 spiro atoms. The molecule has 0 nitrogen and oxygen atoms in total. The van der Waals surface area contributed by atoms with Gasteiger partial charge in [0.05, 0.1) is 0 Å². The van der Waals surface area contributed by atoms with Gasteiger partial charge in [-0.1, -0.05) is 53.8 Å². The SMILES string of the molecule is C/C=C/[Si](C)c1ccccc1. The molecular weight excluding hydrogens is 148 g/mol. The summed E-state index contributed by atoms with van der Waals surface area (Å²) in [6.45, 7) is 4.39. The van der Waals surface area contributed by atoms with Crippen molar-refractivity contribution in [2.45, 2.75) is 13.5 Å². The zero-order valence-corrected chi connectivity index (χ0v) is 8.04. The van der Waals surface area contributed by atoms with Crippen LogP contribution in [0.3, 0.4) is 0 Å². The van der Waals surface area contributed by atoms with Crippen LogP contribution in [0.4, 0.5) is 0 Å². The Hall–Kier alpha value is -0.823. The summed E-state index contributed by atoms with van der Waals surface area (Å²) in [7, 11) is -0.399. The van der Waals surface area contributed by atoms with Crippen molar-refractivity contribution in [1.82, 2.24) is 0 Å². The van der Waals surface area contributed by atoms with Crippen molar-refractivity contribution < 1.29 is 0 Å². The van der Waals surface area contributed by atoms with Crippen molar-refractivity contribution in [1.29, 1.82) is 0 Å². The second-order valence-corrected chi connectivity index (χ2v) is 4.83. The van der Waals surface area contributed by atoms with Crippen LogP contribution in [0.1, 0.15) is 6.92 Å². The van der Waals surface area contributed by atoms with Crippen LogP contribution in [-0.4, -0.2) is 8.80 Å². The standard InChI is InChI=1S/C10H13Si/c1-3-9-11(2)10-7-5-4-6-8-10/h3-9H,1-2H3/b9-3+. The second-order valence-electron chi connectivity index (χ2n) is 2.55. The van der Waals surface area contributed by atoms with Gasteiger partial charge in [-0.25, -0.2) is 0 Å². The smallest absolute Gasteiger partial charge is 0.0959 e. The van der Waals surface area contributed by atoms with Gasteiger partial charge in [-0.15, -0.1) is 0 Å². The largest absolute Gasteiger partial charge is 0.109 e. The normalized spacial score (nSPS) is 11.2. The summed E-state index contributed by atoms with van der Waals surface area (Å²) in [5, 5.41) is 1.48. The van der Waals surface area contributed by atoms with E-state index in [-0.39, 0.29) is 0 Å². The maximum absolute atomic E-state index is 2.31. The quantitative estimate of drug-likeness (QED) is 0.583. The molecule has 0 fully saturated rings. The fraction of sp³-hybridized carbons (Fsp3) is 0.200. The number of benzene rings is 1. The van der Waals surface area contributed by atoms with E-state index in [0.29, 0.717) is 0 Å². The maximum atomic E-state index is 2.31. The summed E-state index contributed by atoms with van der Waals surface area (Å²) in [5.41, 5.74) is 2.31. The first-order valence-corrected chi connectivity index (χ1v) is 5.94. The van der Waals surface area contributed by atoms with Crippen LogP contribution in [0.25, 0.3) is 0 Å². The minimum atomic E-state index is -0.399. The summed E-state index contributed by atoms with van der Waals surface area (Å²) >= 11 is 0. The summed E-state index contributed by atoms with van der Waals surface area (Å²) in [5.74, 6) is 0. The van der Waals surface area contributed by atoms with Crippen LogP contribution < -0.4 is 5.19 Å². The van der Waals surface area contributed by atoms with E-state index in [2.05, 4.69) is 55.6 Å². The first-order valence-electron chi connectivity index (χ1n) is 3.86. The molecule has 1 rings (SSSR count). The van der Waals surface area contributed by atoms with Gasteiger partial charge in [-0.2, -0.15) is 0 Å². The minimum Gasteiger partial charge on any atom is -0.0959 e. The lowest BCUT2D eigenvalue weighted by atomic mass is 10.4. The molecule has 11 heavy (non-hydrogen) atoms. The minimum absolute atomic E-state index is 0.399.